The van der Waals surface area contributed by atoms with Gasteiger partial charge in [-0.1, -0.05) is 29.1 Å². The molecule has 0 radical (unpaired) electrons. The third-order valence-electron chi connectivity index (χ3n) is 3.99. The van der Waals surface area contributed by atoms with Crippen LogP contribution in [0.5, 0.6) is 11.5 Å². The number of hydrogen-bond donors (Lipinski definition) is 1. The summed E-state index contributed by atoms with van der Waals surface area (Å²) in [6.45, 7) is 1.66. The van der Waals surface area contributed by atoms with Gasteiger partial charge in [-0.15, -0.1) is 6.42 Å². The van der Waals surface area contributed by atoms with E-state index in [0.29, 0.717) is 32.9 Å². The van der Waals surface area contributed by atoms with Crippen LogP contribution in [0.1, 0.15) is 18.4 Å². The van der Waals surface area contributed by atoms with Gasteiger partial charge in [0.1, 0.15) is 10.8 Å². The van der Waals surface area contributed by atoms with Crippen molar-refractivity contribution in [3.63, 3.8) is 0 Å². The largest absolute Gasteiger partial charge is 0.454 e. The van der Waals surface area contributed by atoms with Gasteiger partial charge in [0.15, 0.2) is 11.6 Å². The maximum Gasteiger partial charge on any atom is 0.151 e. The molecule has 0 atom stereocenters. The number of benzene rings is 1. The quantitative estimate of drug-likeness (QED) is 0.836. The highest BCUT2D eigenvalue weighted by molar-refractivity contribution is 6.34. The molecule has 24 heavy (non-hydrogen) atoms. The van der Waals surface area contributed by atoms with Gasteiger partial charge in [0.2, 0.25) is 0 Å². The Morgan fingerprint density at radius 3 is 2.62 bits per heavy atom. The Bertz CT molecular complexity index is 780. The van der Waals surface area contributed by atoms with Gasteiger partial charge in [0, 0.05) is 37.0 Å². The first-order chi connectivity index (χ1) is 11.6. The van der Waals surface area contributed by atoms with Crippen LogP contribution in [0.4, 0.5) is 5.82 Å². The van der Waals surface area contributed by atoms with Gasteiger partial charge < -0.3 is 15.4 Å². The van der Waals surface area contributed by atoms with Crippen molar-refractivity contribution in [1.29, 1.82) is 0 Å². The van der Waals surface area contributed by atoms with Crippen LogP contribution in [0.25, 0.3) is 0 Å². The van der Waals surface area contributed by atoms with Gasteiger partial charge in [-0.2, -0.15) is 0 Å². The number of pyridine rings is 1. The van der Waals surface area contributed by atoms with Crippen molar-refractivity contribution in [1.82, 2.24) is 4.98 Å². The van der Waals surface area contributed by atoms with Crippen molar-refractivity contribution in [2.24, 2.45) is 5.73 Å². The molecule has 1 aromatic heterocycles. The number of ether oxygens (including phenoxy) is 1. The summed E-state index contributed by atoms with van der Waals surface area (Å²) < 4.78 is 5.87. The van der Waals surface area contributed by atoms with E-state index in [-0.39, 0.29) is 6.04 Å². The Morgan fingerprint density at radius 1 is 1.21 bits per heavy atom. The molecule has 0 saturated carbocycles. The number of halogens is 2. The Hall–Kier alpha value is -1.93. The second-order valence-electron chi connectivity index (χ2n) is 5.66. The van der Waals surface area contributed by atoms with E-state index in [2.05, 4.69) is 15.8 Å². The van der Waals surface area contributed by atoms with E-state index in [0.717, 1.165) is 25.9 Å². The predicted octanol–water partition coefficient (Wildman–Crippen LogP) is 4.09. The molecule has 2 N–H and O–H groups in total. The molecule has 1 aromatic carbocycles. The summed E-state index contributed by atoms with van der Waals surface area (Å²) in [7, 11) is 0. The predicted molar refractivity (Wildman–Crippen MR) is 98.1 cm³/mol. The van der Waals surface area contributed by atoms with Crippen molar-refractivity contribution >= 4 is 29.0 Å². The van der Waals surface area contributed by atoms with Crippen molar-refractivity contribution < 1.29 is 4.74 Å². The van der Waals surface area contributed by atoms with Crippen molar-refractivity contribution in [2.45, 2.75) is 18.9 Å². The van der Waals surface area contributed by atoms with Crippen LogP contribution in [0.3, 0.4) is 0 Å². The van der Waals surface area contributed by atoms with E-state index in [1.54, 1.807) is 30.5 Å². The number of terminal acetylenes is 1. The molecule has 0 bridgehead atoms. The number of rotatable bonds is 3. The molecular formula is C18H17Cl2N3O. The number of nitrogens with zero attached hydrogens (tertiary/aromatic N) is 2. The first-order valence-corrected chi connectivity index (χ1v) is 8.43. The molecule has 4 nitrogen and oxygen atoms in total. The fourth-order valence-corrected chi connectivity index (χ4v) is 3.11. The standard InChI is InChI=1S/C18H17Cl2N3O/c1-2-12-3-4-15(14(19)11-12)24-16-5-8-22-18(17(16)20)23-9-6-13(21)7-10-23/h1,3-5,8,11,13H,6-7,9-10,21H2. The molecule has 0 unspecified atom stereocenters. The Balaban J connectivity index is 1.85. The highest BCUT2D eigenvalue weighted by Crippen LogP contribution is 2.38. The summed E-state index contributed by atoms with van der Waals surface area (Å²) in [5.74, 6) is 4.24. The Labute approximate surface area is 151 Å². The zero-order valence-electron chi connectivity index (χ0n) is 13.0. The van der Waals surface area contributed by atoms with Gasteiger partial charge in [-0.3, -0.25) is 0 Å². The molecule has 0 amide bonds. The maximum absolute atomic E-state index is 6.50. The minimum absolute atomic E-state index is 0.243. The van der Waals surface area contributed by atoms with E-state index in [1.807, 2.05) is 0 Å². The topological polar surface area (TPSA) is 51.4 Å². The molecule has 0 aliphatic carbocycles. The average molecular weight is 362 g/mol. The molecule has 1 fully saturated rings. The summed E-state index contributed by atoms with van der Waals surface area (Å²) in [5, 5.41) is 0.897. The van der Waals surface area contributed by atoms with E-state index in [1.165, 1.54) is 0 Å². The van der Waals surface area contributed by atoms with Crippen LogP contribution in [0, 0.1) is 12.3 Å². The maximum atomic E-state index is 6.50. The normalized spacial score (nSPS) is 15.2. The lowest BCUT2D eigenvalue weighted by Crippen LogP contribution is -2.40. The summed E-state index contributed by atoms with van der Waals surface area (Å²) in [6, 6.07) is 7.14. The van der Waals surface area contributed by atoms with Crippen LogP contribution in [0.15, 0.2) is 30.5 Å². The second kappa shape index (κ2) is 7.31. The van der Waals surface area contributed by atoms with Crippen molar-refractivity contribution in [3.05, 3.63) is 46.1 Å². The van der Waals surface area contributed by atoms with Crippen molar-refractivity contribution in [3.8, 4) is 23.8 Å². The molecular weight excluding hydrogens is 345 g/mol. The number of anilines is 1. The lowest BCUT2D eigenvalue weighted by molar-refractivity contribution is 0.478. The molecule has 1 saturated heterocycles. The summed E-state index contributed by atoms with van der Waals surface area (Å²) in [4.78, 5) is 6.52. The monoisotopic (exact) mass is 361 g/mol. The lowest BCUT2D eigenvalue weighted by atomic mass is 10.1. The van der Waals surface area contributed by atoms with Crippen LogP contribution in [-0.2, 0) is 0 Å². The first kappa shape index (κ1) is 16.9. The van der Waals surface area contributed by atoms with Gasteiger partial charge in [-0.05, 0) is 31.0 Å². The summed E-state index contributed by atoms with van der Waals surface area (Å²) in [5.41, 5.74) is 6.65. The van der Waals surface area contributed by atoms with Gasteiger partial charge in [0.25, 0.3) is 0 Å². The molecule has 1 aliphatic rings. The van der Waals surface area contributed by atoms with E-state index in [9.17, 15) is 0 Å². The van der Waals surface area contributed by atoms with Crippen LogP contribution < -0.4 is 15.4 Å². The SMILES string of the molecule is C#Cc1ccc(Oc2ccnc(N3CCC(N)CC3)c2Cl)c(Cl)c1. The number of nitrogens with two attached hydrogens (primary N) is 1. The Morgan fingerprint density at radius 2 is 1.96 bits per heavy atom. The molecule has 124 valence electrons. The fraction of sp³-hybridized carbons (Fsp3) is 0.278. The van der Waals surface area contributed by atoms with E-state index >= 15 is 0 Å². The van der Waals surface area contributed by atoms with Crippen LogP contribution >= 0.6 is 23.2 Å². The highest BCUT2D eigenvalue weighted by atomic mass is 35.5. The number of piperidine rings is 1. The summed E-state index contributed by atoms with van der Waals surface area (Å²) >= 11 is 12.7. The molecule has 6 heteroatoms. The molecule has 2 aromatic rings. The second-order valence-corrected chi connectivity index (χ2v) is 6.45. The minimum Gasteiger partial charge on any atom is -0.454 e. The zero-order chi connectivity index (χ0) is 17.1. The smallest absolute Gasteiger partial charge is 0.151 e. The number of aromatic nitrogens is 1. The zero-order valence-corrected chi connectivity index (χ0v) is 14.5. The first-order valence-electron chi connectivity index (χ1n) is 7.67. The summed E-state index contributed by atoms with van der Waals surface area (Å²) in [6.07, 6.45) is 8.88. The third kappa shape index (κ3) is 3.59. The molecule has 2 heterocycles. The van der Waals surface area contributed by atoms with E-state index in [4.69, 9.17) is 40.1 Å². The molecule has 3 rings (SSSR count). The van der Waals surface area contributed by atoms with E-state index < -0.39 is 0 Å². The minimum atomic E-state index is 0.243. The highest BCUT2D eigenvalue weighted by Gasteiger charge is 2.21. The van der Waals surface area contributed by atoms with Crippen LogP contribution in [-0.4, -0.2) is 24.1 Å². The van der Waals surface area contributed by atoms with Crippen LogP contribution in [0.2, 0.25) is 10.0 Å². The van der Waals surface area contributed by atoms with Gasteiger partial charge in [0.05, 0.1) is 5.02 Å². The lowest BCUT2D eigenvalue weighted by Gasteiger charge is -2.31. The molecule has 1 aliphatic heterocycles. The van der Waals surface area contributed by atoms with Crippen molar-refractivity contribution in [2.75, 3.05) is 18.0 Å². The Kier molecular flexibility index (Phi) is 5.15. The number of hydrogen-bond acceptors (Lipinski definition) is 4. The van der Waals surface area contributed by atoms with Gasteiger partial charge >= 0.3 is 0 Å². The molecule has 0 spiro atoms. The fourth-order valence-electron chi connectivity index (χ4n) is 2.62. The third-order valence-corrected chi connectivity index (χ3v) is 4.64. The van der Waals surface area contributed by atoms with Gasteiger partial charge in [-0.25, -0.2) is 4.98 Å². The average Bonchev–Trinajstić information content (AvgIpc) is 2.59.